The van der Waals surface area contributed by atoms with Crippen LogP contribution in [0.15, 0.2) is 17.3 Å². The number of Topliss-reactive ketones (excluding diaryl/α,β-unsaturated/α-hetero) is 1. The highest BCUT2D eigenvalue weighted by atomic mass is 16.6. The highest BCUT2D eigenvalue weighted by Crippen LogP contribution is 2.66. The zero-order valence-corrected chi connectivity index (χ0v) is 16.4. The van der Waals surface area contributed by atoms with Gasteiger partial charge in [0.15, 0.2) is 0 Å². The Morgan fingerprint density at radius 1 is 1.19 bits per heavy atom. The molecule has 4 nitrogen and oxygen atoms in total. The van der Waals surface area contributed by atoms with E-state index in [0.717, 1.165) is 44.4 Å². The van der Waals surface area contributed by atoms with Crippen LogP contribution in [-0.4, -0.2) is 24.6 Å². The van der Waals surface area contributed by atoms with Gasteiger partial charge in [0, 0.05) is 18.4 Å². The van der Waals surface area contributed by atoms with Crippen molar-refractivity contribution in [1.29, 1.82) is 0 Å². The van der Waals surface area contributed by atoms with E-state index in [-0.39, 0.29) is 5.41 Å². The number of carbonyl (C=O) groups is 1. The Balaban J connectivity index is 1.57. The molecule has 0 heterocycles. The fourth-order valence-corrected chi connectivity index (χ4v) is 7.09. The fraction of sp³-hybridized carbons (Fsp3) is 0.818. The first-order chi connectivity index (χ1) is 12.4. The summed E-state index contributed by atoms with van der Waals surface area (Å²) >= 11 is 0. The van der Waals surface area contributed by atoms with Crippen molar-refractivity contribution in [3.63, 3.8) is 0 Å². The number of hydrogen-bond acceptors (Lipinski definition) is 4. The molecule has 6 atom stereocenters. The molecular formula is C22H34N2O2. The first-order valence-corrected chi connectivity index (χ1v) is 10.5. The van der Waals surface area contributed by atoms with Crippen LogP contribution >= 0.6 is 0 Å². The van der Waals surface area contributed by atoms with Gasteiger partial charge in [0.05, 0.1) is 5.71 Å². The summed E-state index contributed by atoms with van der Waals surface area (Å²) in [5.74, 6) is 2.99. The minimum absolute atomic E-state index is 0.0536. The molecule has 1 unspecified atom stereocenters. The lowest BCUT2D eigenvalue weighted by Gasteiger charge is -2.60. The Morgan fingerprint density at radius 3 is 2.77 bits per heavy atom. The predicted molar refractivity (Wildman–Crippen MR) is 104 cm³/mol. The maximum atomic E-state index is 12.6. The maximum Gasteiger partial charge on any atom is 0.139 e. The predicted octanol–water partition coefficient (Wildman–Crippen LogP) is 4.10. The van der Waals surface area contributed by atoms with E-state index in [0.29, 0.717) is 42.1 Å². The van der Waals surface area contributed by atoms with Crippen molar-refractivity contribution in [2.75, 3.05) is 13.2 Å². The largest absolute Gasteiger partial charge is 0.395 e. The molecule has 0 aromatic rings. The van der Waals surface area contributed by atoms with E-state index in [9.17, 15) is 4.79 Å². The number of hydrogen-bond donors (Lipinski definition) is 1. The first kappa shape index (κ1) is 18.2. The van der Waals surface area contributed by atoms with Crippen molar-refractivity contribution in [3.8, 4) is 0 Å². The van der Waals surface area contributed by atoms with E-state index in [1.54, 1.807) is 0 Å². The quantitative estimate of drug-likeness (QED) is 0.469. The van der Waals surface area contributed by atoms with E-state index in [1.165, 1.54) is 24.1 Å². The molecule has 0 amide bonds. The van der Waals surface area contributed by atoms with Gasteiger partial charge in [0.1, 0.15) is 12.4 Å². The molecular weight excluding hydrogens is 324 g/mol. The van der Waals surface area contributed by atoms with E-state index in [4.69, 9.17) is 10.6 Å². The van der Waals surface area contributed by atoms with Gasteiger partial charge in [-0.1, -0.05) is 31.2 Å². The minimum atomic E-state index is -0.0536. The third-order valence-electron chi connectivity index (χ3n) is 8.57. The molecule has 4 aliphatic rings. The average molecular weight is 359 g/mol. The van der Waals surface area contributed by atoms with Gasteiger partial charge in [-0.25, -0.2) is 0 Å². The molecule has 0 saturated heterocycles. The van der Waals surface area contributed by atoms with Crippen molar-refractivity contribution in [2.45, 2.75) is 65.2 Å². The van der Waals surface area contributed by atoms with Crippen molar-refractivity contribution < 1.29 is 9.63 Å². The van der Waals surface area contributed by atoms with E-state index < -0.39 is 0 Å². The molecule has 0 radical (unpaired) electrons. The molecule has 2 N–H and O–H groups in total. The summed E-state index contributed by atoms with van der Waals surface area (Å²) < 4.78 is 0. The summed E-state index contributed by atoms with van der Waals surface area (Å²) in [6.07, 6.45) is 8.48. The molecule has 4 heteroatoms. The van der Waals surface area contributed by atoms with Gasteiger partial charge < -0.3 is 10.6 Å². The average Bonchev–Trinajstić information content (AvgIpc) is 2.92. The van der Waals surface area contributed by atoms with Crippen LogP contribution in [0, 0.1) is 34.5 Å². The third kappa shape index (κ3) is 2.59. The number of oxime groups is 1. The summed E-state index contributed by atoms with van der Waals surface area (Å²) in [6, 6.07) is 0. The normalized spacial score (nSPS) is 46.7. The van der Waals surface area contributed by atoms with Gasteiger partial charge in [-0.2, -0.15) is 0 Å². The van der Waals surface area contributed by atoms with Gasteiger partial charge >= 0.3 is 0 Å². The lowest BCUT2D eigenvalue weighted by Crippen LogP contribution is -2.54. The van der Waals surface area contributed by atoms with Crippen LogP contribution in [0.5, 0.6) is 0 Å². The SMILES string of the molecule is C=C1C[C@@H]2[C@@H](CC[C@]3(C)C(=O)CC[C@@H]23)[C@@]2(C)CCC(=NOCCN)CC12. The smallest absolute Gasteiger partial charge is 0.139 e. The molecule has 4 saturated carbocycles. The van der Waals surface area contributed by atoms with E-state index in [2.05, 4.69) is 25.6 Å². The molecule has 0 aromatic heterocycles. The fourth-order valence-electron chi connectivity index (χ4n) is 7.09. The number of nitrogens with zero attached hydrogens (tertiary/aromatic N) is 1. The van der Waals surface area contributed by atoms with Gasteiger partial charge in [0.25, 0.3) is 0 Å². The number of carbonyl (C=O) groups excluding carboxylic acids is 1. The Hall–Kier alpha value is -1.16. The second kappa shape index (κ2) is 6.47. The molecule has 26 heavy (non-hydrogen) atoms. The standard InChI is InChI=1S/C22H34N2O2/c1-14-12-16-17-4-5-20(25)22(17,3)9-7-18(16)21(2)8-6-15(13-19(14)21)24-26-11-10-23/h16-19H,1,4-13,23H2,2-3H3/t16-,17-,18+,19?,21+,22-/m0/s1. The highest BCUT2D eigenvalue weighted by molar-refractivity contribution is 5.87. The number of ketones is 1. The second-order valence-electron chi connectivity index (χ2n) is 9.70. The Labute approximate surface area is 157 Å². The van der Waals surface area contributed by atoms with E-state index in [1.807, 2.05) is 0 Å². The van der Waals surface area contributed by atoms with Gasteiger partial charge in [0.2, 0.25) is 0 Å². The second-order valence-corrected chi connectivity index (χ2v) is 9.70. The first-order valence-electron chi connectivity index (χ1n) is 10.5. The topological polar surface area (TPSA) is 64.7 Å². The number of fused-ring (bicyclic) bond motifs is 5. The van der Waals surface area contributed by atoms with Crippen LogP contribution in [0.3, 0.4) is 0 Å². The van der Waals surface area contributed by atoms with Crippen LogP contribution in [0.25, 0.3) is 0 Å². The molecule has 4 fully saturated rings. The molecule has 0 aliphatic heterocycles. The summed E-state index contributed by atoms with van der Waals surface area (Å²) in [5.41, 5.74) is 8.32. The van der Waals surface area contributed by atoms with Crippen molar-refractivity contribution in [3.05, 3.63) is 12.2 Å². The lowest BCUT2D eigenvalue weighted by atomic mass is 9.44. The van der Waals surface area contributed by atoms with Crippen LogP contribution in [-0.2, 0) is 9.63 Å². The summed E-state index contributed by atoms with van der Waals surface area (Å²) in [6.45, 7) is 10.3. The number of nitrogens with two attached hydrogens (primary N) is 1. The monoisotopic (exact) mass is 358 g/mol. The van der Waals surface area contributed by atoms with Gasteiger partial charge in [-0.05, 0) is 74.0 Å². The van der Waals surface area contributed by atoms with Crippen LogP contribution in [0.2, 0.25) is 0 Å². The Kier molecular flexibility index (Phi) is 4.53. The molecule has 144 valence electrons. The van der Waals surface area contributed by atoms with Crippen molar-refractivity contribution >= 4 is 11.5 Å². The van der Waals surface area contributed by atoms with Crippen molar-refractivity contribution in [1.82, 2.24) is 0 Å². The summed E-state index contributed by atoms with van der Waals surface area (Å²) in [7, 11) is 0. The van der Waals surface area contributed by atoms with Crippen molar-refractivity contribution in [2.24, 2.45) is 45.4 Å². The number of rotatable bonds is 3. The molecule has 0 aromatic carbocycles. The van der Waals surface area contributed by atoms with Crippen LogP contribution in [0.4, 0.5) is 0 Å². The maximum absolute atomic E-state index is 12.6. The lowest BCUT2D eigenvalue weighted by molar-refractivity contribution is -0.134. The third-order valence-corrected chi connectivity index (χ3v) is 8.57. The van der Waals surface area contributed by atoms with Crippen LogP contribution < -0.4 is 5.73 Å². The van der Waals surface area contributed by atoms with Gasteiger partial charge in [-0.15, -0.1) is 0 Å². The summed E-state index contributed by atoms with van der Waals surface area (Å²) in [4.78, 5) is 17.9. The zero-order chi connectivity index (χ0) is 18.5. The number of allylic oxidation sites excluding steroid dienone is 1. The summed E-state index contributed by atoms with van der Waals surface area (Å²) in [5, 5.41) is 4.36. The van der Waals surface area contributed by atoms with Gasteiger partial charge in [-0.3, -0.25) is 4.79 Å². The van der Waals surface area contributed by atoms with E-state index >= 15 is 0 Å². The highest BCUT2D eigenvalue weighted by Gasteiger charge is 2.60. The molecule has 0 spiro atoms. The van der Waals surface area contributed by atoms with Crippen LogP contribution in [0.1, 0.15) is 65.2 Å². The molecule has 0 bridgehead atoms. The Morgan fingerprint density at radius 2 is 2.00 bits per heavy atom. The molecule has 4 rings (SSSR count). The Bertz CT molecular complexity index is 642. The molecule has 4 aliphatic carbocycles. The minimum Gasteiger partial charge on any atom is -0.395 e. The zero-order valence-electron chi connectivity index (χ0n) is 16.4.